The Morgan fingerprint density at radius 1 is 1.10 bits per heavy atom. The Labute approximate surface area is 125 Å². The molecule has 1 saturated carbocycles. The number of hydrogen-bond donors (Lipinski definition) is 3. The Morgan fingerprint density at radius 2 is 1.67 bits per heavy atom. The molecule has 0 radical (unpaired) electrons. The lowest BCUT2D eigenvalue weighted by Gasteiger charge is -2.26. The van der Waals surface area contributed by atoms with Crippen molar-refractivity contribution in [1.29, 1.82) is 0 Å². The highest BCUT2D eigenvalue weighted by atomic mass is 32.2. The molecule has 1 rings (SSSR count). The summed E-state index contributed by atoms with van der Waals surface area (Å²) in [6, 6.07) is -0.270. The smallest absolute Gasteiger partial charge is 0.306 e. The molecule has 0 aromatic heterocycles. The van der Waals surface area contributed by atoms with Crippen molar-refractivity contribution in [2.45, 2.75) is 38.6 Å². The second-order valence-corrected chi connectivity index (χ2v) is 9.09. The first kappa shape index (κ1) is 18.3. The Morgan fingerprint density at radius 3 is 2.14 bits per heavy atom. The highest BCUT2D eigenvalue weighted by Crippen LogP contribution is 2.24. The molecule has 1 fully saturated rings. The van der Waals surface area contributed by atoms with Gasteiger partial charge in [0.25, 0.3) is 0 Å². The zero-order valence-electron chi connectivity index (χ0n) is 11.9. The molecule has 0 aliphatic heterocycles. The first-order chi connectivity index (χ1) is 9.65. The molecule has 0 amide bonds. The van der Waals surface area contributed by atoms with Crippen LogP contribution in [0.1, 0.15) is 32.6 Å². The van der Waals surface area contributed by atoms with Crippen LogP contribution in [0.4, 0.5) is 0 Å². The summed E-state index contributed by atoms with van der Waals surface area (Å²) in [5, 5.41) is 8.87. The Balaban J connectivity index is 2.38. The van der Waals surface area contributed by atoms with Crippen molar-refractivity contribution in [3.63, 3.8) is 0 Å². The maximum absolute atomic E-state index is 11.8. The Kier molecular flexibility index (Phi) is 6.57. The van der Waals surface area contributed by atoms with Crippen molar-refractivity contribution in [2.75, 3.05) is 18.1 Å². The van der Waals surface area contributed by atoms with E-state index in [1.165, 1.54) is 6.92 Å². The molecule has 1 aliphatic carbocycles. The van der Waals surface area contributed by atoms with Crippen LogP contribution in [-0.2, 0) is 24.8 Å². The molecule has 0 aromatic rings. The van der Waals surface area contributed by atoms with Crippen LogP contribution in [0.25, 0.3) is 0 Å². The van der Waals surface area contributed by atoms with Gasteiger partial charge in [-0.2, -0.15) is 0 Å². The SMILES string of the molecule is CCS(=O)(=O)NCCS(=O)(=O)NC1CCC(C(=O)O)CC1. The fourth-order valence-electron chi connectivity index (χ4n) is 2.20. The van der Waals surface area contributed by atoms with E-state index in [0.29, 0.717) is 25.7 Å². The summed E-state index contributed by atoms with van der Waals surface area (Å²) in [7, 11) is -6.97. The van der Waals surface area contributed by atoms with Crippen LogP contribution in [0.3, 0.4) is 0 Å². The lowest BCUT2D eigenvalue weighted by molar-refractivity contribution is -0.142. The minimum Gasteiger partial charge on any atom is -0.481 e. The lowest BCUT2D eigenvalue weighted by atomic mass is 9.87. The van der Waals surface area contributed by atoms with Crippen molar-refractivity contribution in [3.8, 4) is 0 Å². The fraction of sp³-hybridized carbons (Fsp3) is 0.909. The quantitative estimate of drug-likeness (QED) is 0.545. The van der Waals surface area contributed by atoms with Crippen molar-refractivity contribution in [1.82, 2.24) is 9.44 Å². The Hall–Kier alpha value is -0.710. The van der Waals surface area contributed by atoms with E-state index in [1.807, 2.05) is 0 Å². The third-order valence-corrected chi connectivity index (χ3v) is 6.33. The zero-order chi connectivity index (χ0) is 16.1. The second-order valence-electron chi connectivity index (χ2n) is 5.12. The molecule has 0 spiro atoms. The number of rotatable bonds is 8. The molecule has 0 heterocycles. The maximum Gasteiger partial charge on any atom is 0.306 e. The minimum absolute atomic E-state index is 0.0975. The van der Waals surface area contributed by atoms with Crippen LogP contribution in [0.2, 0.25) is 0 Å². The van der Waals surface area contributed by atoms with E-state index in [1.54, 1.807) is 0 Å². The first-order valence-corrected chi connectivity index (χ1v) is 10.2. The standard InChI is InChI=1S/C11H22N2O6S2/c1-2-20(16,17)12-7-8-21(18,19)13-10-5-3-9(4-6-10)11(14)15/h9-10,12-13H,2-8H2,1H3,(H,14,15). The average Bonchev–Trinajstić information content (AvgIpc) is 2.38. The molecule has 0 atom stereocenters. The number of nitrogens with one attached hydrogen (secondary N) is 2. The van der Waals surface area contributed by atoms with Gasteiger partial charge in [0, 0.05) is 12.6 Å². The molecule has 0 bridgehead atoms. The van der Waals surface area contributed by atoms with Gasteiger partial charge in [-0.3, -0.25) is 4.79 Å². The van der Waals surface area contributed by atoms with E-state index in [0.717, 1.165) is 0 Å². The third-order valence-electron chi connectivity index (χ3n) is 3.50. The summed E-state index contributed by atoms with van der Waals surface area (Å²) < 4.78 is 50.7. The zero-order valence-corrected chi connectivity index (χ0v) is 13.5. The molecular weight excluding hydrogens is 320 g/mol. The summed E-state index contributed by atoms with van der Waals surface area (Å²) in [5.41, 5.74) is 0. The molecule has 10 heteroatoms. The van der Waals surface area contributed by atoms with Crippen molar-refractivity contribution in [2.24, 2.45) is 5.92 Å². The molecule has 0 unspecified atom stereocenters. The molecule has 1 aliphatic rings. The van der Waals surface area contributed by atoms with E-state index in [4.69, 9.17) is 5.11 Å². The molecule has 21 heavy (non-hydrogen) atoms. The number of carboxylic acids is 1. The third kappa shape index (κ3) is 6.72. The molecule has 0 saturated heterocycles. The minimum atomic E-state index is -3.57. The van der Waals surface area contributed by atoms with Gasteiger partial charge in [-0.25, -0.2) is 26.3 Å². The van der Waals surface area contributed by atoms with Crippen LogP contribution in [-0.4, -0.2) is 52.0 Å². The van der Waals surface area contributed by atoms with E-state index >= 15 is 0 Å². The molecule has 8 nitrogen and oxygen atoms in total. The van der Waals surface area contributed by atoms with E-state index in [2.05, 4.69) is 9.44 Å². The van der Waals surface area contributed by atoms with Gasteiger partial charge in [0.2, 0.25) is 20.0 Å². The predicted molar refractivity (Wildman–Crippen MR) is 77.8 cm³/mol. The van der Waals surface area contributed by atoms with Gasteiger partial charge < -0.3 is 5.11 Å². The lowest BCUT2D eigenvalue weighted by Crippen LogP contribution is -2.42. The monoisotopic (exact) mass is 342 g/mol. The summed E-state index contributed by atoms with van der Waals surface area (Å²) in [6.45, 7) is 1.30. The fourth-order valence-corrected chi connectivity index (χ4v) is 4.18. The first-order valence-electron chi connectivity index (χ1n) is 6.85. The number of sulfonamides is 2. The van der Waals surface area contributed by atoms with Gasteiger partial charge in [0.15, 0.2) is 0 Å². The van der Waals surface area contributed by atoms with E-state index in [-0.39, 0.29) is 24.1 Å². The summed E-state index contributed by atoms with van der Waals surface area (Å²) in [4.78, 5) is 10.8. The maximum atomic E-state index is 11.8. The van der Waals surface area contributed by atoms with E-state index < -0.39 is 31.9 Å². The highest BCUT2D eigenvalue weighted by molar-refractivity contribution is 7.90. The van der Waals surface area contributed by atoms with Crippen LogP contribution < -0.4 is 9.44 Å². The second kappa shape index (κ2) is 7.52. The predicted octanol–water partition coefficient (Wildman–Crippen LogP) is -0.511. The van der Waals surface area contributed by atoms with Gasteiger partial charge in [-0.15, -0.1) is 0 Å². The molecule has 3 N–H and O–H groups in total. The molecule has 0 aromatic carbocycles. The summed E-state index contributed by atoms with van der Waals surface area (Å²) >= 11 is 0. The number of hydrogen-bond acceptors (Lipinski definition) is 5. The van der Waals surface area contributed by atoms with Crippen molar-refractivity contribution >= 4 is 26.0 Å². The van der Waals surface area contributed by atoms with Crippen LogP contribution >= 0.6 is 0 Å². The topological polar surface area (TPSA) is 130 Å². The number of carbonyl (C=O) groups is 1. The average molecular weight is 342 g/mol. The number of carboxylic acid groups (broad SMARTS) is 1. The van der Waals surface area contributed by atoms with Gasteiger partial charge in [-0.1, -0.05) is 0 Å². The van der Waals surface area contributed by atoms with Gasteiger partial charge in [0.1, 0.15) is 0 Å². The van der Waals surface area contributed by atoms with E-state index in [9.17, 15) is 21.6 Å². The van der Waals surface area contributed by atoms with Crippen molar-refractivity contribution in [3.05, 3.63) is 0 Å². The van der Waals surface area contributed by atoms with Gasteiger partial charge >= 0.3 is 5.97 Å². The van der Waals surface area contributed by atoms with Crippen molar-refractivity contribution < 1.29 is 26.7 Å². The summed E-state index contributed by atoms with van der Waals surface area (Å²) in [6.07, 6.45) is 1.86. The van der Waals surface area contributed by atoms with Crippen LogP contribution in [0.15, 0.2) is 0 Å². The normalized spacial score (nSPS) is 23.9. The number of aliphatic carboxylic acids is 1. The van der Waals surface area contributed by atoms with Crippen LogP contribution in [0, 0.1) is 5.92 Å². The Bertz CT molecular complexity index is 549. The van der Waals surface area contributed by atoms with Gasteiger partial charge in [0.05, 0.1) is 17.4 Å². The van der Waals surface area contributed by atoms with Gasteiger partial charge in [-0.05, 0) is 32.6 Å². The van der Waals surface area contributed by atoms with Crippen LogP contribution in [0.5, 0.6) is 0 Å². The highest BCUT2D eigenvalue weighted by Gasteiger charge is 2.28. The summed E-state index contributed by atoms with van der Waals surface area (Å²) in [5.74, 6) is -1.67. The largest absolute Gasteiger partial charge is 0.481 e. The molecular formula is C11H22N2O6S2. The molecule has 124 valence electrons.